The van der Waals surface area contributed by atoms with Crippen molar-refractivity contribution in [1.29, 1.82) is 0 Å². The molecule has 23 heavy (non-hydrogen) atoms. The van der Waals surface area contributed by atoms with Gasteiger partial charge >= 0.3 is 0 Å². The summed E-state index contributed by atoms with van der Waals surface area (Å²) in [5.41, 5.74) is 2.19. The van der Waals surface area contributed by atoms with Crippen molar-refractivity contribution in [2.75, 3.05) is 31.1 Å². The van der Waals surface area contributed by atoms with Gasteiger partial charge < -0.3 is 9.64 Å². The molecule has 2 atom stereocenters. The van der Waals surface area contributed by atoms with E-state index in [4.69, 9.17) is 4.74 Å². The molecule has 122 valence electrons. The highest BCUT2D eigenvalue weighted by atomic mass is 16.5. The van der Waals surface area contributed by atoms with Crippen LogP contribution in [0.3, 0.4) is 0 Å². The van der Waals surface area contributed by atoms with Crippen LogP contribution in [0.2, 0.25) is 0 Å². The maximum absolute atomic E-state index is 6.00. The monoisotopic (exact) mass is 314 g/mol. The van der Waals surface area contributed by atoms with E-state index in [0.29, 0.717) is 6.04 Å². The quantitative estimate of drug-likeness (QED) is 0.827. The van der Waals surface area contributed by atoms with Gasteiger partial charge in [-0.1, -0.05) is 0 Å². The molecule has 0 unspecified atom stereocenters. The van der Waals surface area contributed by atoms with Gasteiger partial charge in [0.05, 0.1) is 30.6 Å². The molecule has 4 heterocycles. The van der Waals surface area contributed by atoms with Gasteiger partial charge in [0.2, 0.25) is 0 Å². The van der Waals surface area contributed by atoms with Gasteiger partial charge in [-0.15, -0.1) is 5.10 Å². The largest absolute Gasteiger partial charge is 0.373 e. The summed E-state index contributed by atoms with van der Waals surface area (Å²) in [4.78, 5) is 4.79. The number of hydrogen-bond donors (Lipinski definition) is 0. The number of aryl methyl sites for hydroxylation is 2. The van der Waals surface area contributed by atoms with E-state index in [1.165, 1.54) is 5.56 Å². The van der Waals surface area contributed by atoms with E-state index in [2.05, 4.69) is 37.4 Å². The minimum Gasteiger partial charge on any atom is -0.373 e. The third-order valence-corrected chi connectivity index (χ3v) is 4.62. The second kappa shape index (κ2) is 5.90. The number of hydrogen-bond acceptors (Lipinski definition) is 6. The summed E-state index contributed by atoms with van der Waals surface area (Å²) < 4.78 is 7.85. The van der Waals surface area contributed by atoms with Crippen LogP contribution < -0.4 is 4.90 Å². The maximum atomic E-state index is 6.00. The Bertz CT molecular complexity index is 669. The van der Waals surface area contributed by atoms with Gasteiger partial charge in [0.25, 0.3) is 0 Å². The molecule has 0 amide bonds. The first-order valence-electron chi connectivity index (χ1n) is 8.07. The summed E-state index contributed by atoms with van der Waals surface area (Å²) in [5, 5.41) is 12.8. The molecular formula is C16H22N6O. The van der Waals surface area contributed by atoms with Crippen LogP contribution in [0.5, 0.6) is 0 Å². The topological polar surface area (TPSA) is 59.3 Å². The molecule has 4 rings (SSSR count). The van der Waals surface area contributed by atoms with Crippen molar-refractivity contribution in [3.63, 3.8) is 0 Å². The van der Waals surface area contributed by atoms with Crippen LogP contribution >= 0.6 is 0 Å². The van der Waals surface area contributed by atoms with Crippen molar-refractivity contribution in [2.24, 2.45) is 7.05 Å². The lowest BCUT2D eigenvalue weighted by Crippen LogP contribution is -2.51. The van der Waals surface area contributed by atoms with Crippen LogP contribution in [0, 0.1) is 6.92 Å². The molecule has 2 aliphatic heterocycles. The van der Waals surface area contributed by atoms with Gasteiger partial charge in [0.1, 0.15) is 0 Å². The summed E-state index contributed by atoms with van der Waals surface area (Å²) in [6, 6.07) is 4.43. The molecule has 0 aromatic carbocycles. The van der Waals surface area contributed by atoms with Crippen LogP contribution in [-0.4, -0.2) is 63.3 Å². The van der Waals surface area contributed by atoms with E-state index < -0.39 is 0 Å². The van der Waals surface area contributed by atoms with Gasteiger partial charge in [0, 0.05) is 45.0 Å². The van der Waals surface area contributed by atoms with E-state index in [1.54, 1.807) is 0 Å². The van der Waals surface area contributed by atoms with Crippen molar-refractivity contribution in [2.45, 2.75) is 25.6 Å². The second-order valence-electron chi connectivity index (χ2n) is 6.42. The van der Waals surface area contributed by atoms with Crippen molar-refractivity contribution in [1.82, 2.24) is 24.9 Å². The molecule has 2 saturated heterocycles. The molecule has 2 aromatic heterocycles. The summed E-state index contributed by atoms with van der Waals surface area (Å²) in [6.07, 6.45) is 4.25. The Kier molecular flexibility index (Phi) is 3.74. The number of rotatable bonds is 3. The lowest BCUT2D eigenvalue weighted by molar-refractivity contribution is 0.0303. The number of nitrogens with zero attached hydrogens (tertiary/aromatic N) is 6. The fourth-order valence-corrected chi connectivity index (χ4v) is 3.53. The zero-order valence-electron chi connectivity index (χ0n) is 13.6. The average Bonchev–Trinajstić information content (AvgIpc) is 3.13. The zero-order chi connectivity index (χ0) is 15.8. The van der Waals surface area contributed by atoms with Crippen LogP contribution in [0.15, 0.2) is 24.5 Å². The van der Waals surface area contributed by atoms with E-state index in [9.17, 15) is 0 Å². The number of morpholine rings is 1. The number of likely N-dealkylation sites (tertiary alicyclic amines) is 1. The number of aromatic nitrogens is 4. The highest BCUT2D eigenvalue weighted by Gasteiger charge is 2.40. The molecule has 0 spiro atoms. The molecule has 0 aliphatic carbocycles. The Labute approximate surface area is 135 Å². The Morgan fingerprint density at radius 3 is 2.91 bits per heavy atom. The predicted octanol–water partition coefficient (Wildman–Crippen LogP) is 0.608. The third kappa shape index (κ3) is 2.94. The average molecular weight is 314 g/mol. The van der Waals surface area contributed by atoms with Crippen LogP contribution in [0.4, 0.5) is 5.82 Å². The van der Waals surface area contributed by atoms with Crippen LogP contribution in [-0.2, 0) is 18.3 Å². The molecule has 2 aliphatic rings. The molecule has 0 radical (unpaired) electrons. The lowest BCUT2D eigenvalue weighted by Gasteiger charge is -2.37. The SMILES string of the molecule is Cc1ccc(N2CCO[C@H]3CN(Cc4cnn(C)c4)C[C@H]32)nn1. The molecule has 0 N–H and O–H groups in total. The Morgan fingerprint density at radius 1 is 1.26 bits per heavy atom. The smallest absolute Gasteiger partial charge is 0.151 e. The molecule has 0 saturated carbocycles. The summed E-state index contributed by atoms with van der Waals surface area (Å²) in [5.74, 6) is 0.956. The van der Waals surface area contributed by atoms with E-state index in [1.807, 2.05) is 30.9 Å². The Hall–Kier alpha value is -1.99. The normalized spacial score (nSPS) is 24.9. The van der Waals surface area contributed by atoms with E-state index in [-0.39, 0.29) is 6.10 Å². The highest BCUT2D eigenvalue weighted by molar-refractivity contribution is 5.40. The van der Waals surface area contributed by atoms with Crippen molar-refractivity contribution in [3.8, 4) is 0 Å². The third-order valence-electron chi connectivity index (χ3n) is 4.62. The van der Waals surface area contributed by atoms with Gasteiger partial charge in [-0.05, 0) is 19.1 Å². The van der Waals surface area contributed by atoms with Crippen molar-refractivity contribution in [3.05, 3.63) is 35.8 Å². The molecule has 2 aromatic rings. The number of ether oxygens (including phenoxy) is 1. The first kappa shape index (κ1) is 14.6. The predicted molar refractivity (Wildman–Crippen MR) is 86.1 cm³/mol. The second-order valence-corrected chi connectivity index (χ2v) is 6.42. The molecule has 7 heteroatoms. The van der Waals surface area contributed by atoms with Crippen molar-refractivity contribution >= 4 is 5.82 Å². The fourth-order valence-electron chi connectivity index (χ4n) is 3.53. The first-order chi connectivity index (χ1) is 11.2. The molecular weight excluding hydrogens is 292 g/mol. The Morgan fingerprint density at radius 2 is 2.17 bits per heavy atom. The fraction of sp³-hybridized carbons (Fsp3) is 0.562. The minimum absolute atomic E-state index is 0.239. The Balaban J connectivity index is 1.48. The zero-order valence-corrected chi connectivity index (χ0v) is 13.6. The standard InChI is InChI=1S/C16H22N6O/c1-12-3-4-16(19-18-12)22-5-6-23-15-11-21(10-14(15)22)9-13-7-17-20(2)8-13/h3-4,7-8,14-15H,5-6,9-11H2,1-2H3/t14-,15+/m1/s1. The molecule has 7 nitrogen and oxygen atoms in total. The van der Waals surface area contributed by atoms with Gasteiger partial charge in [0.15, 0.2) is 5.82 Å². The molecule has 2 fully saturated rings. The van der Waals surface area contributed by atoms with Crippen LogP contribution in [0.1, 0.15) is 11.3 Å². The van der Waals surface area contributed by atoms with Crippen LogP contribution in [0.25, 0.3) is 0 Å². The summed E-state index contributed by atoms with van der Waals surface area (Å²) in [7, 11) is 1.95. The highest BCUT2D eigenvalue weighted by Crippen LogP contribution is 2.27. The number of anilines is 1. The lowest BCUT2D eigenvalue weighted by atomic mass is 10.1. The maximum Gasteiger partial charge on any atom is 0.151 e. The molecule has 0 bridgehead atoms. The minimum atomic E-state index is 0.239. The van der Waals surface area contributed by atoms with Gasteiger partial charge in [-0.3, -0.25) is 9.58 Å². The van der Waals surface area contributed by atoms with E-state index >= 15 is 0 Å². The van der Waals surface area contributed by atoms with Crippen molar-refractivity contribution < 1.29 is 4.74 Å². The van der Waals surface area contributed by atoms with E-state index in [0.717, 1.165) is 44.3 Å². The summed E-state index contributed by atoms with van der Waals surface area (Å²) in [6.45, 7) is 6.43. The summed E-state index contributed by atoms with van der Waals surface area (Å²) >= 11 is 0. The first-order valence-corrected chi connectivity index (χ1v) is 8.07. The number of fused-ring (bicyclic) bond motifs is 1. The van der Waals surface area contributed by atoms with Gasteiger partial charge in [-0.25, -0.2) is 0 Å². The van der Waals surface area contributed by atoms with Gasteiger partial charge in [-0.2, -0.15) is 10.2 Å².